The highest BCUT2D eigenvalue weighted by Crippen LogP contribution is 2.47. The van der Waals surface area contributed by atoms with Crippen LogP contribution in [0.5, 0.6) is 0 Å². The Bertz CT molecular complexity index is 794. The molecule has 130 valence electrons. The fourth-order valence-electron chi connectivity index (χ4n) is 5.00. The molecule has 0 N–H and O–H groups in total. The van der Waals surface area contributed by atoms with Crippen LogP contribution in [0.4, 0.5) is 0 Å². The Labute approximate surface area is 159 Å². The van der Waals surface area contributed by atoms with Crippen LogP contribution >= 0.6 is 23.4 Å². The lowest BCUT2D eigenvalue weighted by Gasteiger charge is -2.44. The fourth-order valence-corrected chi connectivity index (χ4v) is 6.30. The van der Waals surface area contributed by atoms with E-state index in [9.17, 15) is 0 Å². The van der Waals surface area contributed by atoms with E-state index < -0.39 is 0 Å². The molecule has 0 radical (unpaired) electrons. The lowest BCUT2D eigenvalue weighted by molar-refractivity contribution is 0.0424. The van der Waals surface area contributed by atoms with Gasteiger partial charge in [-0.25, -0.2) is 0 Å². The van der Waals surface area contributed by atoms with E-state index in [4.69, 9.17) is 11.6 Å². The number of halogens is 1. The molecule has 0 aliphatic carbocycles. The van der Waals surface area contributed by atoms with Crippen molar-refractivity contribution >= 4 is 23.4 Å². The van der Waals surface area contributed by atoms with E-state index in [1.54, 1.807) is 0 Å². The molecule has 3 aliphatic heterocycles. The molecule has 3 atom stereocenters. The minimum atomic E-state index is 0.441. The molecule has 25 heavy (non-hydrogen) atoms. The van der Waals surface area contributed by atoms with E-state index in [-0.39, 0.29) is 0 Å². The second-order valence-corrected chi connectivity index (χ2v) is 9.19. The molecule has 2 aromatic carbocycles. The molecule has 3 unspecified atom stereocenters. The number of benzene rings is 2. The third-order valence-corrected chi connectivity index (χ3v) is 7.46. The predicted molar refractivity (Wildman–Crippen MR) is 105 cm³/mol. The number of hydrogen-bond donors (Lipinski definition) is 0. The van der Waals surface area contributed by atoms with Crippen LogP contribution in [0.2, 0.25) is 5.02 Å². The van der Waals surface area contributed by atoms with Crippen molar-refractivity contribution in [3.63, 3.8) is 0 Å². The first-order valence-electron chi connectivity index (χ1n) is 9.20. The van der Waals surface area contributed by atoms with Gasteiger partial charge in [-0.15, -0.1) is 0 Å². The zero-order valence-electron chi connectivity index (χ0n) is 14.5. The van der Waals surface area contributed by atoms with Crippen LogP contribution in [0.15, 0.2) is 52.3 Å². The first-order chi connectivity index (χ1) is 12.2. The maximum absolute atomic E-state index is 6.42. The smallest absolute Gasteiger partial charge is 0.0410 e. The SMILES string of the molecule is CN1CC2CCC(C1)N2C1Cc2ccccc2Sc2ccc(Cl)cc21. The van der Waals surface area contributed by atoms with Crippen LogP contribution in [0.1, 0.15) is 30.0 Å². The first-order valence-corrected chi connectivity index (χ1v) is 10.4. The number of hydrogen-bond acceptors (Lipinski definition) is 3. The Kier molecular flexibility index (Phi) is 4.09. The summed E-state index contributed by atoms with van der Waals surface area (Å²) in [6.07, 6.45) is 3.75. The lowest BCUT2D eigenvalue weighted by atomic mass is 9.95. The second-order valence-electron chi connectivity index (χ2n) is 7.67. The van der Waals surface area contributed by atoms with Gasteiger partial charge in [-0.1, -0.05) is 41.6 Å². The van der Waals surface area contributed by atoms with Gasteiger partial charge in [0.1, 0.15) is 0 Å². The van der Waals surface area contributed by atoms with Crippen molar-refractivity contribution in [2.24, 2.45) is 0 Å². The van der Waals surface area contributed by atoms with E-state index in [1.807, 2.05) is 17.8 Å². The molecule has 2 saturated heterocycles. The average Bonchev–Trinajstić information content (AvgIpc) is 2.78. The zero-order chi connectivity index (χ0) is 17.0. The molecule has 0 spiro atoms. The van der Waals surface area contributed by atoms with Gasteiger partial charge < -0.3 is 4.90 Å². The normalized spacial score (nSPS) is 29.1. The van der Waals surface area contributed by atoms with E-state index >= 15 is 0 Å². The Morgan fingerprint density at radius 2 is 1.76 bits per heavy atom. The maximum Gasteiger partial charge on any atom is 0.0410 e. The molecule has 2 bridgehead atoms. The summed E-state index contributed by atoms with van der Waals surface area (Å²) in [5, 5.41) is 0.858. The van der Waals surface area contributed by atoms with Gasteiger partial charge in [0.25, 0.3) is 0 Å². The lowest BCUT2D eigenvalue weighted by Crippen LogP contribution is -2.53. The van der Waals surface area contributed by atoms with Crippen LogP contribution in [0, 0.1) is 0 Å². The molecular weight excluding hydrogens is 348 g/mol. The second kappa shape index (κ2) is 6.31. The largest absolute Gasteiger partial charge is 0.303 e. The maximum atomic E-state index is 6.42. The van der Waals surface area contributed by atoms with E-state index in [1.165, 1.54) is 46.8 Å². The zero-order valence-corrected chi connectivity index (χ0v) is 16.1. The van der Waals surface area contributed by atoms with Gasteiger partial charge in [0.15, 0.2) is 0 Å². The van der Waals surface area contributed by atoms with Gasteiger partial charge in [-0.05, 0) is 61.7 Å². The number of likely N-dealkylation sites (N-methyl/N-ethyl adjacent to an activating group) is 1. The predicted octanol–water partition coefficient (Wildman–Crippen LogP) is 4.87. The van der Waals surface area contributed by atoms with Crippen molar-refractivity contribution in [1.82, 2.24) is 9.80 Å². The van der Waals surface area contributed by atoms with Gasteiger partial charge in [0.05, 0.1) is 0 Å². The molecule has 0 saturated carbocycles. The quantitative estimate of drug-likeness (QED) is 0.707. The van der Waals surface area contributed by atoms with Crippen molar-refractivity contribution in [2.75, 3.05) is 20.1 Å². The van der Waals surface area contributed by atoms with E-state index in [0.29, 0.717) is 18.1 Å². The van der Waals surface area contributed by atoms with Gasteiger partial charge >= 0.3 is 0 Å². The molecule has 3 heterocycles. The summed E-state index contributed by atoms with van der Waals surface area (Å²) in [6.45, 7) is 2.38. The van der Waals surface area contributed by atoms with Crippen LogP contribution in [-0.4, -0.2) is 42.0 Å². The topological polar surface area (TPSA) is 6.48 Å². The monoisotopic (exact) mass is 370 g/mol. The first kappa shape index (κ1) is 16.2. The summed E-state index contributed by atoms with van der Waals surface area (Å²) < 4.78 is 0. The molecule has 5 rings (SSSR count). The summed E-state index contributed by atoms with van der Waals surface area (Å²) >= 11 is 8.33. The minimum Gasteiger partial charge on any atom is -0.303 e. The molecule has 2 fully saturated rings. The van der Waals surface area contributed by atoms with Gasteiger partial charge in [0.2, 0.25) is 0 Å². The summed E-state index contributed by atoms with van der Waals surface area (Å²) in [5.74, 6) is 0. The highest BCUT2D eigenvalue weighted by molar-refractivity contribution is 7.99. The van der Waals surface area contributed by atoms with E-state index in [0.717, 1.165) is 11.4 Å². The van der Waals surface area contributed by atoms with Crippen molar-refractivity contribution < 1.29 is 0 Å². The standard InChI is InChI=1S/C21H23ClN2S/c1-23-12-16-7-8-17(13-23)24(16)19-10-14-4-2-3-5-20(14)25-21-9-6-15(22)11-18(19)21/h2-6,9,11,16-17,19H,7-8,10,12-13H2,1H3. The molecule has 2 nitrogen and oxygen atoms in total. The molecule has 0 aromatic heterocycles. The van der Waals surface area contributed by atoms with Gasteiger partial charge in [0, 0.05) is 46.0 Å². The third kappa shape index (κ3) is 2.82. The number of piperazine rings is 1. The van der Waals surface area contributed by atoms with Crippen LogP contribution in [0.25, 0.3) is 0 Å². The Hall–Kier alpha value is -1.00. The summed E-state index contributed by atoms with van der Waals surface area (Å²) in [6, 6.07) is 17.2. The van der Waals surface area contributed by atoms with Crippen LogP contribution in [-0.2, 0) is 6.42 Å². The van der Waals surface area contributed by atoms with Gasteiger partial charge in [-0.2, -0.15) is 0 Å². The molecular formula is C21H23ClN2S. The number of nitrogens with zero attached hydrogens (tertiary/aromatic N) is 2. The Morgan fingerprint density at radius 3 is 2.56 bits per heavy atom. The van der Waals surface area contributed by atoms with Crippen LogP contribution < -0.4 is 0 Å². The summed E-state index contributed by atoms with van der Waals surface area (Å²) in [5.41, 5.74) is 2.90. The minimum absolute atomic E-state index is 0.441. The summed E-state index contributed by atoms with van der Waals surface area (Å²) in [7, 11) is 2.27. The van der Waals surface area contributed by atoms with Gasteiger partial charge in [-0.3, -0.25) is 4.90 Å². The molecule has 2 aromatic rings. The van der Waals surface area contributed by atoms with Crippen molar-refractivity contribution in [3.8, 4) is 0 Å². The third-order valence-electron chi connectivity index (χ3n) is 6.02. The van der Waals surface area contributed by atoms with Crippen molar-refractivity contribution in [2.45, 2.75) is 47.2 Å². The number of likely N-dealkylation sites (tertiary alicyclic amines) is 1. The molecule has 3 aliphatic rings. The Balaban J connectivity index is 1.62. The van der Waals surface area contributed by atoms with Crippen molar-refractivity contribution in [1.29, 1.82) is 0 Å². The average molecular weight is 371 g/mol. The Morgan fingerprint density at radius 1 is 1.00 bits per heavy atom. The van der Waals surface area contributed by atoms with Crippen LogP contribution in [0.3, 0.4) is 0 Å². The number of fused-ring (bicyclic) bond motifs is 4. The molecule has 4 heteroatoms. The number of rotatable bonds is 1. The van der Waals surface area contributed by atoms with Crippen molar-refractivity contribution in [3.05, 3.63) is 58.6 Å². The highest BCUT2D eigenvalue weighted by Gasteiger charge is 2.43. The fraction of sp³-hybridized carbons (Fsp3) is 0.429. The highest BCUT2D eigenvalue weighted by atomic mass is 35.5. The van der Waals surface area contributed by atoms with E-state index in [2.05, 4.69) is 53.2 Å². The summed E-state index contributed by atoms with van der Waals surface area (Å²) in [4.78, 5) is 8.11. The molecule has 0 amide bonds.